The zero-order valence-electron chi connectivity index (χ0n) is 15.9. The zero-order chi connectivity index (χ0) is 21.1. The van der Waals surface area contributed by atoms with Gasteiger partial charge in [-0.05, 0) is 42.0 Å². The van der Waals surface area contributed by atoms with Gasteiger partial charge in [0, 0.05) is 25.4 Å². The number of nitrogens with zero attached hydrogens (tertiary/aromatic N) is 4. The Balaban J connectivity index is 1.51. The minimum absolute atomic E-state index is 0.0688. The summed E-state index contributed by atoms with van der Waals surface area (Å²) < 4.78 is 14.9. The van der Waals surface area contributed by atoms with Crippen molar-refractivity contribution in [1.82, 2.24) is 15.1 Å². The van der Waals surface area contributed by atoms with Gasteiger partial charge < -0.3 is 11.1 Å². The smallest absolute Gasteiger partial charge is 0.267 e. The lowest BCUT2D eigenvalue weighted by atomic mass is 10.1. The molecule has 0 fully saturated rings. The third kappa shape index (κ3) is 3.90. The first-order valence-corrected chi connectivity index (χ1v) is 9.30. The van der Waals surface area contributed by atoms with Crippen LogP contribution in [0.25, 0.3) is 5.69 Å². The molecule has 30 heavy (non-hydrogen) atoms. The van der Waals surface area contributed by atoms with Crippen molar-refractivity contribution in [2.75, 3.05) is 5.01 Å². The number of halogens is 1. The van der Waals surface area contributed by atoms with Gasteiger partial charge in [-0.2, -0.15) is 10.2 Å². The lowest BCUT2D eigenvalue weighted by Gasteiger charge is -2.20. The van der Waals surface area contributed by atoms with Crippen LogP contribution in [0.2, 0.25) is 0 Å². The molecule has 3 aromatic rings. The Kier molecular flexibility index (Phi) is 5.25. The lowest BCUT2D eigenvalue weighted by Crippen LogP contribution is -2.39. The Morgan fingerprint density at radius 3 is 2.60 bits per heavy atom. The fourth-order valence-electron chi connectivity index (χ4n) is 3.27. The molecule has 2 amide bonds. The van der Waals surface area contributed by atoms with Gasteiger partial charge in [0.25, 0.3) is 5.91 Å². The zero-order valence-corrected chi connectivity index (χ0v) is 15.9. The SMILES string of the molecule is NC(=O)C1CC(C(=O)NCc2ccccc2-n2cccn2)=NN1c1ccc(F)cc1. The predicted octanol–water partition coefficient (Wildman–Crippen LogP) is 1.75. The van der Waals surface area contributed by atoms with Crippen molar-refractivity contribution in [1.29, 1.82) is 0 Å². The molecule has 0 radical (unpaired) electrons. The molecule has 0 saturated heterocycles. The van der Waals surface area contributed by atoms with E-state index in [0.29, 0.717) is 5.69 Å². The molecule has 0 bridgehead atoms. The highest BCUT2D eigenvalue weighted by atomic mass is 19.1. The molecule has 3 N–H and O–H groups in total. The molecule has 1 unspecified atom stereocenters. The molecule has 1 aromatic heterocycles. The van der Waals surface area contributed by atoms with E-state index in [2.05, 4.69) is 15.5 Å². The first-order chi connectivity index (χ1) is 14.5. The number of amides is 2. The number of hydrogen-bond donors (Lipinski definition) is 2. The molecule has 4 rings (SSSR count). The van der Waals surface area contributed by atoms with Crippen LogP contribution in [0.5, 0.6) is 0 Å². The molecular weight excluding hydrogens is 387 g/mol. The van der Waals surface area contributed by atoms with Gasteiger partial charge in [0.05, 0.1) is 11.4 Å². The Bertz CT molecular complexity index is 1090. The van der Waals surface area contributed by atoms with Crippen molar-refractivity contribution in [3.63, 3.8) is 0 Å². The van der Waals surface area contributed by atoms with E-state index < -0.39 is 23.7 Å². The van der Waals surface area contributed by atoms with Gasteiger partial charge in [-0.1, -0.05) is 18.2 Å². The summed E-state index contributed by atoms with van der Waals surface area (Å²) in [6.07, 6.45) is 3.57. The molecule has 9 heteroatoms. The monoisotopic (exact) mass is 406 g/mol. The van der Waals surface area contributed by atoms with Crippen LogP contribution < -0.4 is 16.1 Å². The van der Waals surface area contributed by atoms with Crippen LogP contribution in [-0.2, 0) is 16.1 Å². The molecule has 0 spiro atoms. The topological polar surface area (TPSA) is 106 Å². The van der Waals surface area contributed by atoms with E-state index in [-0.39, 0.29) is 18.7 Å². The maximum Gasteiger partial charge on any atom is 0.267 e. The number of carbonyl (C=O) groups is 2. The number of carbonyl (C=O) groups excluding carboxylic acids is 2. The molecule has 1 aliphatic heterocycles. The molecule has 8 nitrogen and oxygen atoms in total. The number of benzene rings is 2. The van der Waals surface area contributed by atoms with E-state index in [1.54, 1.807) is 10.9 Å². The van der Waals surface area contributed by atoms with E-state index in [1.807, 2.05) is 36.5 Å². The van der Waals surface area contributed by atoms with Crippen molar-refractivity contribution < 1.29 is 14.0 Å². The summed E-state index contributed by atoms with van der Waals surface area (Å²) in [5, 5.41) is 12.7. The van der Waals surface area contributed by atoms with Crippen LogP contribution in [0, 0.1) is 5.82 Å². The number of rotatable bonds is 6. The van der Waals surface area contributed by atoms with Crippen LogP contribution in [0.3, 0.4) is 0 Å². The summed E-state index contributed by atoms with van der Waals surface area (Å²) in [7, 11) is 0. The highest BCUT2D eigenvalue weighted by molar-refractivity contribution is 6.40. The second-order valence-electron chi connectivity index (χ2n) is 6.75. The summed E-state index contributed by atoms with van der Waals surface area (Å²) in [6.45, 7) is 0.256. The summed E-state index contributed by atoms with van der Waals surface area (Å²) in [6, 6.07) is 14.0. The molecule has 0 saturated carbocycles. The van der Waals surface area contributed by atoms with Crippen LogP contribution in [0.1, 0.15) is 12.0 Å². The van der Waals surface area contributed by atoms with Crippen molar-refractivity contribution in [3.05, 3.63) is 78.4 Å². The maximum atomic E-state index is 13.2. The van der Waals surface area contributed by atoms with Gasteiger partial charge in [-0.3, -0.25) is 14.6 Å². The number of nitrogens with one attached hydrogen (secondary N) is 1. The average Bonchev–Trinajstić information content (AvgIpc) is 3.43. The number of hydrazone groups is 1. The highest BCUT2D eigenvalue weighted by Crippen LogP contribution is 2.25. The van der Waals surface area contributed by atoms with Crippen LogP contribution in [0.15, 0.2) is 72.1 Å². The summed E-state index contributed by atoms with van der Waals surface area (Å²) in [5.41, 5.74) is 7.86. The van der Waals surface area contributed by atoms with Gasteiger partial charge >= 0.3 is 0 Å². The van der Waals surface area contributed by atoms with E-state index in [4.69, 9.17) is 5.73 Å². The first kappa shape index (κ1) is 19.3. The number of anilines is 1. The number of nitrogens with two attached hydrogens (primary N) is 1. The third-order valence-corrected chi connectivity index (χ3v) is 4.77. The fraction of sp³-hybridized carbons (Fsp3) is 0.143. The maximum absolute atomic E-state index is 13.2. The second kappa shape index (κ2) is 8.16. The van der Waals surface area contributed by atoms with Gasteiger partial charge in [0.15, 0.2) is 0 Å². The highest BCUT2D eigenvalue weighted by Gasteiger charge is 2.34. The largest absolute Gasteiger partial charge is 0.368 e. The summed E-state index contributed by atoms with van der Waals surface area (Å²) in [4.78, 5) is 24.6. The molecule has 2 aromatic carbocycles. The average molecular weight is 406 g/mol. The minimum atomic E-state index is -0.812. The Morgan fingerprint density at radius 1 is 1.13 bits per heavy atom. The van der Waals surface area contributed by atoms with Crippen molar-refractivity contribution in [2.45, 2.75) is 19.0 Å². The molecule has 1 atom stereocenters. The second-order valence-corrected chi connectivity index (χ2v) is 6.75. The minimum Gasteiger partial charge on any atom is -0.368 e. The molecule has 152 valence electrons. The molecule has 2 heterocycles. The van der Waals surface area contributed by atoms with Crippen molar-refractivity contribution >= 4 is 23.2 Å². The third-order valence-electron chi connectivity index (χ3n) is 4.77. The van der Waals surface area contributed by atoms with Crippen LogP contribution in [-0.4, -0.2) is 33.3 Å². The van der Waals surface area contributed by atoms with Gasteiger partial charge in [-0.25, -0.2) is 9.07 Å². The van der Waals surface area contributed by atoms with Gasteiger partial charge in [0.2, 0.25) is 5.91 Å². The number of primary amides is 1. The Morgan fingerprint density at radius 2 is 1.90 bits per heavy atom. The van der Waals surface area contributed by atoms with E-state index >= 15 is 0 Å². The number of hydrogen-bond acceptors (Lipinski definition) is 5. The van der Waals surface area contributed by atoms with Gasteiger partial charge in [-0.15, -0.1) is 0 Å². The first-order valence-electron chi connectivity index (χ1n) is 9.30. The summed E-state index contributed by atoms with van der Waals surface area (Å²) >= 11 is 0. The fourth-order valence-corrected chi connectivity index (χ4v) is 3.27. The molecular formula is C21H19FN6O2. The number of para-hydroxylation sites is 1. The lowest BCUT2D eigenvalue weighted by molar-refractivity contribution is -0.119. The van der Waals surface area contributed by atoms with Crippen molar-refractivity contribution in [2.24, 2.45) is 10.8 Å². The van der Waals surface area contributed by atoms with Crippen LogP contribution >= 0.6 is 0 Å². The van der Waals surface area contributed by atoms with E-state index in [9.17, 15) is 14.0 Å². The van der Waals surface area contributed by atoms with E-state index in [1.165, 1.54) is 29.3 Å². The summed E-state index contributed by atoms with van der Waals surface area (Å²) in [5.74, 6) is -1.43. The van der Waals surface area contributed by atoms with Gasteiger partial charge in [0.1, 0.15) is 17.6 Å². The van der Waals surface area contributed by atoms with E-state index in [0.717, 1.165) is 11.3 Å². The Labute approximate surface area is 171 Å². The Hall–Kier alpha value is -4.01. The molecule has 1 aliphatic rings. The van der Waals surface area contributed by atoms with Crippen LogP contribution in [0.4, 0.5) is 10.1 Å². The normalized spacial score (nSPS) is 15.7. The predicted molar refractivity (Wildman–Crippen MR) is 109 cm³/mol. The quantitative estimate of drug-likeness (QED) is 0.650. The number of aromatic nitrogens is 2. The molecule has 0 aliphatic carbocycles. The van der Waals surface area contributed by atoms with Crippen molar-refractivity contribution in [3.8, 4) is 5.69 Å². The standard InChI is InChI=1S/C21H19FN6O2/c22-15-6-8-16(9-7-15)28-19(20(23)29)12-17(26-28)21(30)24-13-14-4-1-2-5-18(14)27-11-3-10-25-27/h1-11,19H,12-13H2,(H2,23,29)(H,24,30).